The van der Waals surface area contributed by atoms with Gasteiger partial charge in [0, 0.05) is 0 Å². The number of para-hydroxylation sites is 2. The number of aryl methyl sites for hydroxylation is 1. The fourth-order valence-electron chi connectivity index (χ4n) is 2.57. The molecule has 0 radical (unpaired) electrons. The van der Waals surface area contributed by atoms with E-state index < -0.39 is 0 Å². The average molecular weight is 320 g/mol. The number of esters is 1. The first-order valence-electron chi connectivity index (χ1n) is 8.03. The standard InChI is InChI=1S/C20H20N2O2/c1-3-24-20(23)14-22-18-7-5-4-6-17(18)21-19(22)13-12-16-10-8-15(2)9-11-16/h4-13H,3,14H2,1-2H3. The highest BCUT2D eigenvalue weighted by atomic mass is 16.5. The summed E-state index contributed by atoms with van der Waals surface area (Å²) in [5, 5.41) is 0. The largest absolute Gasteiger partial charge is 0.465 e. The zero-order valence-corrected chi connectivity index (χ0v) is 13.9. The molecule has 0 aliphatic heterocycles. The van der Waals surface area contributed by atoms with E-state index in [0.29, 0.717) is 6.61 Å². The Balaban J connectivity index is 1.96. The van der Waals surface area contributed by atoms with Gasteiger partial charge < -0.3 is 9.30 Å². The van der Waals surface area contributed by atoms with Crippen LogP contribution in [0.3, 0.4) is 0 Å². The molecule has 4 heteroatoms. The SMILES string of the molecule is CCOC(=O)Cn1c(C=Cc2ccc(C)cc2)nc2ccccc21. The second-order valence-corrected chi connectivity index (χ2v) is 5.59. The van der Waals surface area contributed by atoms with Crippen molar-refractivity contribution in [2.24, 2.45) is 0 Å². The summed E-state index contributed by atoms with van der Waals surface area (Å²) in [6.45, 7) is 4.40. The van der Waals surface area contributed by atoms with Gasteiger partial charge in [-0.05, 0) is 37.6 Å². The van der Waals surface area contributed by atoms with Crippen molar-refractivity contribution in [1.82, 2.24) is 9.55 Å². The number of aromatic nitrogens is 2. The van der Waals surface area contributed by atoms with Crippen molar-refractivity contribution in [2.45, 2.75) is 20.4 Å². The van der Waals surface area contributed by atoms with Gasteiger partial charge in [-0.15, -0.1) is 0 Å². The molecule has 4 nitrogen and oxygen atoms in total. The summed E-state index contributed by atoms with van der Waals surface area (Å²) >= 11 is 0. The number of carbonyl (C=O) groups is 1. The first-order chi connectivity index (χ1) is 11.7. The minimum absolute atomic E-state index is 0.155. The summed E-state index contributed by atoms with van der Waals surface area (Å²) in [4.78, 5) is 16.5. The second kappa shape index (κ2) is 7.13. The molecule has 0 aliphatic rings. The van der Waals surface area contributed by atoms with Crippen LogP contribution in [0.1, 0.15) is 23.9 Å². The normalized spacial score (nSPS) is 11.2. The number of nitrogens with zero attached hydrogens (tertiary/aromatic N) is 2. The van der Waals surface area contributed by atoms with Crippen molar-refractivity contribution >= 4 is 29.2 Å². The molecule has 0 aliphatic carbocycles. The van der Waals surface area contributed by atoms with Crippen molar-refractivity contribution in [2.75, 3.05) is 6.61 Å². The molecule has 0 saturated carbocycles. The van der Waals surface area contributed by atoms with Gasteiger partial charge in [-0.1, -0.05) is 48.0 Å². The van der Waals surface area contributed by atoms with Crippen LogP contribution < -0.4 is 0 Å². The molecule has 0 unspecified atom stereocenters. The Morgan fingerprint density at radius 3 is 2.62 bits per heavy atom. The highest BCUT2D eigenvalue weighted by Gasteiger charge is 2.12. The number of imidazole rings is 1. The molecule has 122 valence electrons. The van der Waals surface area contributed by atoms with Gasteiger partial charge in [-0.25, -0.2) is 4.98 Å². The van der Waals surface area contributed by atoms with Crippen LogP contribution in [0, 0.1) is 6.92 Å². The molecule has 2 aromatic carbocycles. The third-order valence-corrected chi connectivity index (χ3v) is 3.78. The Morgan fingerprint density at radius 1 is 1.12 bits per heavy atom. The first kappa shape index (κ1) is 16.0. The maximum absolute atomic E-state index is 11.9. The van der Waals surface area contributed by atoms with Gasteiger partial charge >= 0.3 is 5.97 Å². The van der Waals surface area contributed by atoms with E-state index in [4.69, 9.17) is 4.74 Å². The molecule has 3 rings (SSSR count). The fourth-order valence-corrected chi connectivity index (χ4v) is 2.57. The van der Waals surface area contributed by atoms with Crippen LogP contribution in [-0.4, -0.2) is 22.1 Å². The second-order valence-electron chi connectivity index (χ2n) is 5.59. The van der Waals surface area contributed by atoms with Gasteiger partial charge in [0.1, 0.15) is 12.4 Å². The summed E-state index contributed by atoms with van der Waals surface area (Å²) in [5.41, 5.74) is 4.11. The summed E-state index contributed by atoms with van der Waals surface area (Å²) in [7, 11) is 0. The Bertz CT molecular complexity index is 876. The van der Waals surface area contributed by atoms with Crippen LogP contribution in [-0.2, 0) is 16.1 Å². The van der Waals surface area contributed by atoms with Gasteiger partial charge in [-0.2, -0.15) is 0 Å². The maximum atomic E-state index is 11.9. The highest BCUT2D eigenvalue weighted by molar-refractivity contribution is 5.82. The number of ether oxygens (including phenoxy) is 1. The molecule has 1 heterocycles. The predicted molar refractivity (Wildman–Crippen MR) is 96.5 cm³/mol. The van der Waals surface area contributed by atoms with Crippen LogP contribution in [0.2, 0.25) is 0 Å². The van der Waals surface area contributed by atoms with Crippen molar-refractivity contribution in [3.63, 3.8) is 0 Å². The van der Waals surface area contributed by atoms with E-state index in [2.05, 4.69) is 36.2 Å². The number of hydrogen-bond donors (Lipinski definition) is 0. The average Bonchev–Trinajstić information content (AvgIpc) is 2.92. The number of rotatable bonds is 5. The third kappa shape index (κ3) is 3.54. The smallest absolute Gasteiger partial charge is 0.326 e. The highest BCUT2D eigenvalue weighted by Crippen LogP contribution is 2.18. The number of benzene rings is 2. The van der Waals surface area contributed by atoms with Crippen LogP contribution in [0.25, 0.3) is 23.2 Å². The lowest BCUT2D eigenvalue weighted by Gasteiger charge is -2.06. The Kier molecular flexibility index (Phi) is 4.75. The summed E-state index contributed by atoms with van der Waals surface area (Å²) in [6, 6.07) is 16.1. The van der Waals surface area contributed by atoms with Gasteiger partial charge in [0.25, 0.3) is 0 Å². The topological polar surface area (TPSA) is 44.1 Å². The van der Waals surface area contributed by atoms with Crippen molar-refractivity contribution in [3.8, 4) is 0 Å². The molecule has 0 atom stereocenters. The Hall–Kier alpha value is -2.88. The zero-order chi connectivity index (χ0) is 16.9. The van der Waals surface area contributed by atoms with Gasteiger partial charge in [0.15, 0.2) is 0 Å². The maximum Gasteiger partial charge on any atom is 0.326 e. The fraction of sp³-hybridized carbons (Fsp3) is 0.200. The van der Waals surface area contributed by atoms with Crippen LogP contribution >= 0.6 is 0 Å². The van der Waals surface area contributed by atoms with Crippen LogP contribution in [0.5, 0.6) is 0 Å². The molecule has 0 amide bonds. The van der Waals surface area contributed by atoms with E-state index in [9.17, 15) is 4.79 Å². The van der Waals surface area contributed by atoms with E-state index in [-0.39, 0.29) is 12.5 Å². The zero-order valence-electron chi connectivity index (χ0n) is 13.9. The molecule has 0 saturated heterocycles. The third-order valence-electron chi connectivity index (χ3n) is 3.78. The molecule has 24 heavy (non-hydrogen) atoms. The van der Waals surface area contributed by atoms with E-state index >= 15 is 0 Å². The summed E-state index contributed by atoms with van der Waals surface area (Å²) in [5.74, 6) is 0.482. The lowest BCUT2D eigenvalue weighted by molar-refractivity contribution is -0.143. The first-order valence-corrected chi connectivity index (χ1v) is 8.03. The van der Waals surface area contributed by atoms with Crippen molar-refractivity contribution in [3.05, 3.63) is 65.5 Å². The van der Waals surface area contributed by atoms with Gasteiger partial charge in [-0.3, -0.25) is 4.79 Å². The van der Waals surface area contributed by atoms with Crippen LogP contribution in [0.15, 0.2) is 48.5 Å². The lowest BCUT2D eigenvalue weighted by Crippen LogP contribution is -2.14. The monoisotopic (exact) mass is 320 g/mol. The quantitative estimate of drug-likeness (QED) is 0.665. The van der Waals surface area contributed by atoms with Crippen molar-refractivity contribution in [1.29, 1.82) is 0 Å². The van der Waals surface area contributed by atoms with Crippen LogP contribution in [0.4, 0.5) is 0 Å². The summed E-state index contributed by atoms with van der Waals surface area (Å²) in [6.07, 6.45) is 3.94. The number of fused-ring (bicyclic) bond motifs is 1. The molecule has 1 aromatic heterocycles. The number of carbonyl (C=O) groups excluding carboxylic acids is 1. The van der Waals surface area contributed by atoms with E-state index in [1.54, 1.807) is 0 Å². The van der Waals surface area contributed by atoms with E-state index in [0.717, 1.165) is 22.4 Å². The van der Waals surface area contributed by atoms with Gasteiger partial charge in [0.05, 0.1) is 17.6 Å². The number of hydrogen-bond acceptors (Lipinski definition) is 3. The molecule has 0 bridgehead atoms. The molecule has 0 fully saturated rings. The van der Waals surface area contributed by atoms with E-state index in [1.807, 2.05) is 47.9 Å². The van der Waals surface area contributed by atoms with Gasteiger partial charge in [0.2, 0.25) is 0 Å². The summed E-state index contributed by atoms with van der Waals surface area (Å²) < 4.78 is 6.97. The lowest BCUT2D eigenvalue weighted by atomic mass is 10.1. The van der Waals surface area contributed by atoms with Crippen molar-refractivity contribution < 1.29 is 9.53 Å². The predicted octanol–water partition coefficient (Wildman–Crippen LogP) is 4.08. The molecular weight excluding hydrogens is 300 g/mol. The Labute approximate surface area is 141 Å². The minimum Gasteiger partial charge on any atom is -0.465 e. The minimum atomic E-state index is -0.259. The molecular formula is C20H20N2O2. The molecule has 3 aromatic rings. The molecule has 0 spiro atoms. The molecule has 0 N–H and O–H groups in total. The van der Waals surface area contributed by atoms with E-state index in [1.165, 1.54) is 5.56 Å². The Morgan fingerprint density at radius 2 is 1.88 bits per heavy atom.